The van der Waals surface area contributed by atoms with Crippen molar-refractivity contribution in [2.24, 2.45) is 0 Å². The summed E-state index contributed by atoms with van der Waals surface area (Å²) >= 11 is 0. The van der Waals surface area contributed by atoms with Crippen molar-refractivity contribution < 1.29 is 9.22 Å². The number of hydrogen-bond acceptors (Lipinski definition) is 4. The summed E-state index contributed by atoms with van der Waals surface area (Å²) in [7, 11) is -2.01. The molecule has 1 fully saturated rings. The van der Waals surface area contributed by atoms with Crippen LogP contribution in [0.25, 0.3) is 11.3 Å². The van der Waals surface area contributed by atoms with Gasteiger partial charge in [-0.25, -0.2) is 0 Å². The Bertz CT molecular complexity index is 1280. The van der Waals surface area contributed by atoms with Gasteiger partial charge in [-0.15, -0.1) is 0 Å². The number of aromatic nitrogens is 1. The normalized spacial score (nSPS) is 15.4. The highest BCUT2D eigenvalue weighted by molar-refractivity contribution is 6.74. The van der Waals surface area contributed by atoms with Gasteiger partial charge in [0.05, 0.1) is 22.9 Å². The number of benzene rings is 2. The minimum absolute atomic E-state index is 0.0440. The summed E-state index contributed by atoms with van der Waals surface area (Å²) in [6.07, 6.45) is 1.80. The monoisotopic (exact) mass is 514 g/mol. The average molecular weight is 515 g/mol. The van der Waals surface area contributed by atoms with Gasteiger partial charge in [0, 0.05) is 38.1 Å². The van der Waals surface area contributed by atoms with Gasteiger partial charge in [-0.3, -0.25) is 4.79 Å². The number of hydrogen-bond donors (Lipinski definition) is 0. The molecule has 1 atom stereocenters. The highest BCUT2D eigenvalue weighted by atomic mass is 28.4. The fourth-order valence-electron chi connectivity index (χ4n) is 4.59. The van der Waals surface area contributed by atoms with Gasteiger partial charge in [0.15, 0.2) is 8.32 Å². The lowest BCUT2D eigenvalue weighted by atomic mass is 10.1. The van der Waals surface area contributed by atoms with E-state index in [4.69, 9.17) is 4.43 Å². The lowest BCUT2D eigenvalue weighted by Gasteiger charge is -2.39. The standard InChI is InChI=1S/C30H38N4O2Si/c1-23(36-37(5,6)30(2,3)4)34-16-15-27(28(34)25-12-8-7-9-13-25)29(35)33-19-17-32(18-20-33)26-14-10-11-24(21-26)22-31/h7-16,21,23H,17-20H2,1-6H3. The Morgan fingerprint density at radius 3 is 2.30 bits per heavy atom. The SMILES string of the molecule is CC(O[Si](C)(C)C(C)(C)C)n1ccc(C(=O)N2CCN(c3cccc(C#N)c3)CC2)c1-c1ccccc1. The highest BCUT2D eigenvalue weighted by Gasteiger charge is 2.39. The van der Waals surface area contributed by atoms with Crippen LogP contribution in [-0.4, -0.2) is 49.9 Å². The molecule has 0 bridgehead atoms. The Hall–Kier alpha value is -3.34. The first-order valence-electron chi connectivity index (χ1n) is 13.0. The molecule has 194 valence electrons. The molecule has 0 saturated carbocycles. The first-order valence-corrected chi connectivity index (χ1v) is 15.9. The van der Waals surface area contributed by atoms with Gasteiger partial charge >= 0.3 is 0 Å². The molecule has 2 heterocycles. The summed E-state index contributed by atoms with van der Waals surface area (Å²) in [5, 5.41) is 9.32. The highest BCUT2D eigenvalue weighted by Crippen LogP contribution is 2.40. The maximum absolute atomic E-state index is 13.8. The minimum Gasteiger partial charge on any atom is -0.397 e. The van der Waals surface area contributed by atoms with Crippen LogP contribution in [0.15, 0.2) is 66.9 Å². The van der Waals surface area contributed by atoms with Crippen molar-refractivity contribution in [3.63, 3.8) is 0 Å². The van der Waals surface area contributed by atoms with E-state index in [2.05, 4.69) is 68.5 Å². The third-order valence-electron chi connectivity index (χ3n) is 7.76. The molecular formula is C30H38N4O2Si. The predicted molar refractivity (Wildman–Crippen MR) is 152 cm³/mol. The molecule has 2 aromatic carbocycles. The van der Waals surface area contributed by atoms with E-state index in [1.807, 2.05) is 59.6 Å². The molecule has 0 radical (unpaired) electrons. The number of carbonyl (C=O) groups is 1. The van der Waals surface area contributed by atoms with Crippen LogP contribution in [0, 0.1) is 11.3 Å². The molecule has 1 amide bonds. The Morgan fingerprint density at radius 2 is 1.68 bits per heavy atom. The zero-order chi connectivity index (χ0) is 26.8. The fourth-order valence-corrected chi connectivity index (χ4v) is 5.91. The first-order chi connectivity index (χ1) is 17.5. The molecule has 37 heavy (non-hydrogen) atoms. The topological polar surface area (TPSA) is 61.5 Å². The number of anilines is 1. The van der Waals surface area contributed by atoms with Gasteiger partial charge in [-0.2, -0.15) is 5.26 Å². The van der Waals surface area contributed by atoms with Crippen LogP contribution in [0.2, 0.25) is 18.1 Å². The predicted octanol–water partition coefficient (Wildman–Crippen LogP) is 6.53. The zero-order valence-electron chi connectivity index (χ0n) is 22.9. The number of nitriles is 1. The van der Waals surface area contributed by atoms with E-state index in [0.29, 0.717) is 24.2 Å². The van der Waals surface area contributed by atoms with Gasteiger partial charge in [0.1, 0.15) is 6.23 Å². The first kappa shape index (κ1) is 26.7. The minimum atomic E-state index is -2.01. The molecule has 1 aliphatic rings. The molecule has 3 aromatic rings. The molecule has 1 unspecified atom stereocenters. The summed E-state index contributed by atoms with van der Waals surface area (Å²) in [5.74, 6) is 0.0440. The summed E-state index contributed by atoms with van der Waals surface area (Å²) in [5.41, 5.74) is 4.30. The molecule has 1 aromatic heterocycles. The summed E-state index contributed by atoms with van der Waals surface area (Å²) in [6.45, 7) is 16.0. The molecule has 0 spiro atoms. The largest absolute Gasteiger partial charge is 0.397 e. The van der Waals surface area contributed by atoms with Crippen LogP contribution >= 0.6 is 0 Å². The van der Waals surface area contributed by atoms with E-state index in [1.165, 1.54) is 0 Å². The van der Waals surface area contributed by atoms with Crippen molar-refractivity contribution in [3.8, 4) is 17.3 Å². The number of carbonyl (C=O) groups excluding carboxylic acids is 1. The van der Waals surface area contributed by atoms with Crippen LogP contribution in [-0.2, 0) is 4.43 Å². The van der Waals surface area contributed by atoms with E-state index in [-0.39, 0.29) is 17.2 Å². The molecule has 0 aliphatic carbocycles. The van der Waals surface area contributed by atoms with Crippen molar-refractivity contribution >= 4 is 19.9 Å². The third kappa shape index (κ3) is 5.66. The Morgan fingerprint density at radius 1 is 1.00 bits per heavy atom. The van der Waals surface area contributed by atoms with Crippen molar-refractivity contribution in [1.29, 1.82) is 5.26 Å². The second kappa shape index (κ2) is 10.6. The van der Waals surface area contributed by atoms with Crippen LogP contribution < -0.4 is 4.90 Å². The van der Waals surface area contributed by atoms with Crippen LogP contribution in [0.1, 0.15) is 49.8 Å². The summed E-state index contributed by atoms with van der Waals surface area (Å²) in [6, 6.07) is 21.9. The lowest BCUT2D eigenvalue weighted by Crippen LogP contribution is -2.48. The van der Waals surface area contributed by atoms with E-state index in [0.717, 1.165) is 30.0 Å². The third-order valence-corrected chi connectivity index (χ3v) is 12.3. The number of amides is 1. The maximum atomic E-state index is 13.8. The van der Waals surface area contributed by atoms with Crippen LogP contribution in [0.3, 0.4) is 0 Å². The Kier molecular flexibility index (Phi) is 7.63. The molecule has 4 rings (SSSR count). The van der Waals surface area contributed by atoms with Crippen LogP contribution in [0.4, 0.5) is 5.69 Å². The molecule has 0 N–H and O–H groups in total. The van der Waals surface area contributed by atoms with E-state index in [1.54, 1.807) is 0 Å². The number of nitrogens with zero attached hydrogens (tertiary/aromatic N) is 4. The Labute approximate surface area is 222 Å². The van der Waals surface area contributed by atoms with E-state index in [9.17, 15) is 10.1 Å². The number of rotatable bonds is 6. The molecule has 1 aliphatic heterocycles. The van der Waals surface area contributed by atoms with Gasteiger partial charge < -0.3 is 18.8 Å². The average Bonchev–Trinajstić information content (AvgIpc) is 3.33. The van der Waals surface area contributed by atoms with Gasteiger partial charge in [-0.05, 0) is 54.9 Å². The fraction of sp³-hybridized carbons (Fsp3) is 0.400. The number of piperazine rings is 1. The van der Waals surface area contributed by atoms with Gasteiger partial charge in [-0.1, -0.05) is 57.2 Å². The van der Waals surface area contributed by atoms with Crippen molar-refractivity contribution in [1.82, 2.24) is 9.47 Å². The maximum Gasteiger partial charge on any atom is 0.256 e. The second-order valence-corrected chi connectivity index (χ2v) is 16.0. The van der Waals surface area contributed by atoms with E-state index < -0.39 is 8.32 Å². The Balaban J connectivity index is 1.58. The second-order valence-electron chi connectivity index (χ2n) is 11.3. The van der Waals surface area contributed by atoms with Crippen molar-refractivity contribution in [3.05, 3.63) is 78.0 Å². The smallest absolute Gasteiger partial charge is 0.256 e. The van der Waals surface area contributed by atoms with Crippen LogP contribution in [0.5, 0.6) is 0 Å². The summed E-state index contributed by atoms with van der Waals surface area (Å²) in [4.78, 5) is 18.0. The molecular weight excluding hydrogens is 476 g/mol. The molecule has 6 nitrogen and oxygen atoms in total. The summed E-state index contributed by atoms with van der Waals surface area (Å²) < 4.78 is 8.84. The van der Waals surface area contributed by atoms with Gasteiger partial charge in [0.2, 0.25) is 0 Å². The van der Waals surface area contributed by atoms with Gasteiger partial charge in [0.25, 0.3) is 5.91 Å². The lowest BCUT2D eigenvalue weighted by molar-refractivity contribution is 0.0747. The van der Waals surface area contributed by atoms with Crippen molar-refractivity contribution in [2.45, 2.75) is 52.1 Å². The molecule has 7 heteroatoms. The van der Waals surface area contributed by atoms with E-state index >= 15 is 0 Å². The van der Waals surface area contributed by atoms with Crippen molar-refractivity contribution in [2.75, 3.05) is 31.1 Å². The molecule has 1 saturated heterocycles. The quantitative estimate of drug-likeness (QED) is 0.351. The zero-order valence-corrected chi connectivity index (χ0v) is 23.9.